The van der Waals surface area contributed by atoms with Crippen molar-refractivity contribution in [3.8, 4) is 0 Å². The first kappa shape index (κ1) is 15.6. The molecule has 0 bridgehead atoms. The Morgan fingerprint density at radius 3 is 2.60 bits per heavy atom. The molecule has 0 aliphatic carbocycles. The Labute approximate surface area is 129 Å². The highest BCUT2D eigenvalue weighted by Crippen LogP contribution is 2.26. The van der Waals surface area contributed by atoms with Gasteiger partial charge in [0.15, 0.2) is 0 Å². The van der Waals surface area contributed by atoms with Gasteiger partial charge in [-0.1, -0.05) is 42.1 Å². The Bertz CT molecular complexity index is 459. The first-order valence-electron chi connectivity index (χ1n) is 6.96. The number of likely N-dealkylation sites (tertiary alicyclic amines) is 1. The first-order valence-corrected chi connectivity index (χ1v) is 7.72. The topological polar surface area (TPSA) is 40.5 Å². The lowest BCUT2D eigenvalue weighted by molar-refractivity contribution is -0.133. The van der Waals surface area contributed by atoms with Gasteiger partial charge in [-0.3, -0.25) is 4.79 Å². The van der Waals surface area contributed by atoms with Crippen LogP contribution in [0.1, 0.15) is 31.2 Å². The highest BCUT2D eigenvalue weighted by atomic mass is 35.5. The van der Waals surface area contributed by atoms with Gasteiger partial charge in [-0.2, -0.15) is 0 Å². The molecule has 1 aliphatic rings. The fourth-order valence-corrected chi connectivity index (χ4v) is 3.18. The van der Waals surface area contributed by atoms with Gasteiger partial charge >= 0.3 is 0 Å². The van der Waals surface area contributed by atoms with E-state index in [2.05, 4.69) is 0 Å². The maximum Gasteiger partial charge on any atom is 0.227 e. The number of carbonyl (C=O) groups excluding carboxylic acids is 1. The normalized spacial score (nSPS) is 19.8. The molecule has 1 fully saturated rings. The summed E-state index contributed by atoms with van der Waals surface area (Å²) in [7, 11) is 0. The van der Waals surface area contributed by atoms with Crippen molar-refractivity contribution < 1.29 is 9.90 Å². The minimum absolute atomic E-state index is 0.0130. The SMILES string of the molecule is O=C(Cc1c(Cl)cccc1Cl)N1CCCCCC1CO. The van der Waals surface area contributed by atoms with Crippen LogP contribution in [0.4, 0.5) is 0 Å². The minimum atomic E-state index is -0.0775. The van der Waals surface area contributed by atoms with Gasteiger partial charge in [0, 0.05) is 16.6 Å². The standard InChI is InChI=1S/C15H19Cl2NO2/c16-13-6-4-7-14(17)12(13)9-15(20)18-8-3-1-2-5-11(18)10-19/h4,6-7,11,19H,1-3,5,8-10H2. The Morgan fingerprint density at radius 1 is 1.25 bits per heavy atom. The van der Waals surface area contributed by atoms with E-state index in [1.165, 1.54) is 0 Å². The maximum absolute atomic E-state index is 12.5. The summed E-state index contributed by atoms with van der Waals surface area (Å²) in [6.07, 6.45) is 4.20. The summed E-state index contributed by atoms with van der Waals surface area (Å²) >= 11 is 12.2. The van der Waals surface area contributed by atoms with Crippen molar-refractivity contribution in [2.45, 2.75) is 38.1 Å². The van der Waals surface area contributed by atoms with E-state index in [9.17, 15) is 9.90 Å². The molecule has 1 N–H and O–H groups in total. The van der Waals surface area contributed by atoms with Crippen LogP contribution in [0.2, 0.25) is 10.0 Å². The zero-order chi connectivity index (χ0) is 14.5. The molecule has 0 saturated carbocycles. The van der Waals surface area contributed by atoms with Gasteiger partial charge in [0.1, 0.15) is 0 Å². The van der Waals surface area contributed by atoms with Crippen molar-refractivity contribution in [1.29, 1.82) is 0 Å². The van der Waals surface area contributed by atoms with Gasteiger partial charge in [-0.15, -0.1) is 0 Å². The summed E-state index contributed by atoms with van der Waals surface area (Å²) in [5.41, 5.74) is 0.668. The molecule has 1 aromatic rings. The van der Waals surface area contributed by atoms with E-state index in [4.69, 9.17) is 23.2 Å². The van der Waals surface area contributed by atoms with Gasteiger partial charge in [0.05, 0.1) is 19.1 Å². The van der Waals surface area contributed by atoms with Gasteiger partial charge < -0.3 is 10.0 Å². The number of rotatable bonds is 3. The Kier molecular flexibility index (Phi) is 5.70. The lowest BCUT2D eigenvalue weighted by Crippen LogP contribution is -2.42. The summed E-state index contributed by atoms with van der Waals surface area (Å²) in [5.74, 6) is -0.0130. The molecule has 1 saturated heterocycles. The quantitative estimate of drug-likeness (QED) is 0.929. The first-order chi connectivity index (χ1) is 9.63. The molecule has 20 heavy (non-hydrogen) atoms. The van der Waals surface area contributed by atoms with Gasteiger partial charge in [0.25, 0.3) is 0 Å². The van der Waals surface area contributed by atoms with Crippen LogP contribution < -0.4 is 0 Å². The summed E-state index contributed by atoms with van der Waals surface area (Å²) in [5, 5.41) is 10.5. The number of halogens is 2. The summed E-state index contributed by atoms with van der Waals surface area (Å²) in [4.78, 5) is 14.3. The number of carbonyl (C=O) groups is 1. The summed E-state index contributed by atoms with van der Waals surface area (Å²) in [6.45, 7) is 0.716. The molecule has 2 rings (SSSR count). The number of benzene rings is 1. The molecular formula is C15H19Cl2NO2. The van der Waals surface area contributed by atoms with E-state index in [0.29, 0.717) is 22.2 Å². The third-order valence-electron chi connectivity index (χ3n) is 3.80. The lowest BCUT2D eigenvalue weighted by Gasteiger charge is -2.29. The molecule has 1 amide bonds. The Hall–Kier alpha value is -0.770. The lowest BCUT2D eigenvalue weighted by atomic mass is 10.1. The molecule has 1 atom stereocenters. The van der Waals surface area contributed by atoms with Crippen LogP contribution in [0.15, 0.2) is 18.2 Å². The van der Waals surface area contributed by atoms with Crippen LogP contribution in [-0.4, -0.2) is 35.1 Å². The number of nitrogens with zero attached hydrogens (tertiary/aromatic N) is 1. The molecule has 1 aromatic carbocycles. The Balaban J connectivity index is 2.13. The van der Waals surface area contributed by atoms with E-state index < -0.39 is 0 Å². The van der Waals surface area contributed by atoms with Crippen LogP contribution in [0, 0.1) is 0 Å². The number of hydrogen-bond donors (Lipinski definition) is 1. The molecular weight excluding hydrogens is 297 g/mol. The third-order valence-corrected chi connectivity index (χ3v) is 4.51. The van der Waals surface area contributed by atoms with Crippen molar-refractivity contribution in [3.05, 3.63) is 33.8 Å². The largest absolute Gasteiger partial charge is 0.394 e. The average Bonchev–Trinajstić information content (AvgIpc) is 2.68. The van der Waals surface area contributed by atoms with Crippen molar-refractivity contribution in [2.24, 2.45) is 0 Å². The van der Waals surface area contributed by atoms with Crippen LogP contribution in [-0.2, 0) is 11.2 Å². The zero-order valence-corrected chi connectivity index (χ0v) is 12.8. The highest BCUT2D eigenvalue weighted by molar-refractivity contribution is 6.36. The molecule has 1 heterocycles. The van der Waals surface area contributed by atoms with Gasteiger partial charge in [-0.05, 0) is 30.5 Å². The smallest absolute Gasteiger partial charge is 0.227 e. The van der Waals surface area contributed by atoms with E-state index in [1.54, 1.807) is 23.1 Å². The zero-order valence-electron chi connectivity index (χ0n) is 11.3. The molecule has 0 radical (unpaired) electrons. The Morgan fingerprint density at radius 2 is 1.95 bits per heavy atom. The van der Waals surface area contributed by atoms with Crippen LogP contribution in [0.25, 0.3) is 0 Å². The minimum Gasteiger partial charge on any atom is -0.394 e. The number of aliphatic hydroxyl groups excluding tert-OH is 1. The third kappa shape index (κ3) is 3.66. The summed E-state index contributed by atoms with van der Waals surface area (Å²) < 4.78 is 0. The van der Waals surface area contributed by atoms with E-state index in [1.807, 2.05) is 0 Å². The molecule has 3 nitrogen and oxygen atoms in total. The predicted octanol–water partition coefficient (Wildman–Crippen LogP) is 3.30. The second kappa shape index (κ2) is 7.30. The number of aliphatic hydroxyl groups is 1. The van der Waals surface area contributed by atoms with Crippen molar-refractivity contribution in [2.75, 3.05) is 13.2 Å². The maximum atomic E-state index is 12.5. The molecule has 110 valence electrons. The molecule has 5 heteroatoms. The van der Waals surface area contributed by atoms with E-state index in [0.717, 1.165) is 25.7 Å². The van der Waals surface area contributed by atoms with Gasteiger partial charge in [-0.25, -0.2) is 0 Å². The van der Waals surface area contributed by atoms with Crippen LogP contribution in [0.3, 0.4) is 0 Å². The monoisotopic (exact) mass is 315 g/mol. The van der Waals surface area contributed by atoms with Crippen LogP contribution in [0.5, 0.6) is 0 Å². The van der Waals surface area contributed by atoms with E-state index >= 15 is 0 Å². The highest BCUT2D eigenvalue weighted by Gasteiger charge is 2.25. The van der Waals surface area contributed by atoms with E-state index in [-0.39, 0.29) is 25.0 Å². The van der Waals surface area contributed by atoms with Crippen molar-refractivity contribution in [3.63, 3.8) is 0 Å². The second-order valence-corrected chi connectivity index (χ2v) is 5.96. The number of amides is 1. The van der Waals surface area contributed by atoms with Crippen molar-refractivity contribution >= 4 is 29.1 Å². The molecule has 0 spiro atoms. The molecule has 0 aromatic heterocycles. The second-order valence-electron chi connectivity index (χ2n) is 5.15. The van der Waals surface area contributed by atoms with Gasteiger partial charge in [0.2, 0.25) is 5.91 Å². The molecule has 1 aliphatic heterocycles. The summed E-state index contributed by atoms with van der Waals surface area (Å²) in [6, 6.07) is 5.16. The fraction of sp³-hybridized carbons (Fsp3) is 0.533. The fourth-order valence-electron chi connectivity index (χ4n) is 2.65. The molecule has 1 unspecified atom stereocenters. The number of hydrogen-bond acceptors (Lipinski definition) is 2. The van der Waals surface area contributed by atoms with Crippen molar-refractivity contribution in [1.82, 2.24) is 4.90 Å². The average molecular weight is 316 g/mol. The van der Waals surface area contributed by atoms with Crippen LogP contribution >= 0.6 is 23.2 Å². The predicted molar refractivity (Wildman–Crippen MR) is 81.2 cm³/mol.